The Morgan fingerprint density at radius 2 is 2.00 bits per heavy atom. The standard InChI is InChI=1S/C15H16BrFN2/c1-18-13-5-3-4-11(8-13)10-19(2)15-9-12(16)6-7-14(15)17/h3-9,18H,10H2,1-2H3. The van der Waals surface area contributed by atoms with Crippen LogP contribution in [-0.2, 0) is 6.54 Å². The van der Waals surface area contributed by atoms with Gasteiger partial charge in [-0.3, -0.25) is 0 Å². The highest BCUT2D eigenvalue weighted by atomic mass is 79.9. The minimum Gasteiger partial charge on any atom is -0.388 e. The minimum atomic E-state index is -0.213. The van der Waals surface area contributed by atoms with Crippen molar-refractivity contribution in [1.82, 2.24) is 0 Å². The molecule has 0 atom stereocenters. The number of hydrogen-bond donors (Lipinski definition) is 1. The lowest BCUT2D eigenvalue weighted by Crippen LogP contribution is -2.17. The molecule has 0 bridgehead atoms. The van der Waals surface area contributed by atoms with Crippen LogP contribution in [0.3, 0.4) is 0 Å². The molecule has 4 heteroatoms. The van der Waals surface area contributed by atoms with Gasteiger partial charge in [0.2, 0.25) is 0 Å². The molecule has 2 aromatic carbocycles. The van der Waals surface area contributed by atoms with Crippen LogP contribution < -0.4 is 10.2 Å². The number of nitrogens with zero attached hydrogens (tertiary/aromatic N) is 1. The molecule has 0 saturated carbocycles. The lowest BCUT2D eigenvalue weighted by atomic mass is 10.2. The average molecular weight is 323 g/mol. The van der Waals surface area contributed by atoms with E-state index in [0.29, 0.717) is 12.2 Å². The summed E-state index contributed by atoms with van der Waals surface area (Å²) in [6, 6.07) is 13.1. The largest absolute Gasteiger partial charge is 0.388 e. The molecule has 0 aromatic heterocycles. The van der Waals surface area contributed by atoms with Crippen LogP contribution in [0, 0.1) is 5.82 Å². The molecule has 0 aliphatic carbocycles. The average Bonchev–Trinajstić information content (AvgIpc) is 2.41. The quantitative estimate of drug-likeness (QED) is 0.904. The summed E-state index contributed by atoms with van der Waals surface area (Å²) in [6.07, 6.45) is 0. The van der Waals surface area contributed by atoms with Crippen LogP contribution in [0.5, 0.6) is 0 Å². The molecule has 0 unspecified atom stereocenters. The number of rotatable bonds is 4. The van der Waals surface area contributed by atoms with E-state index in [4.69, 9.17) is 0 Å². The summed E-state index contributed by atoms with van der Waals surface area (Å²) >= 11 is 3.37. The molecule has 2 rings (SSSR count). The van der Waals surface area contributed by atoms with Gasteiger partial charge in [-0.05, 0) is 35.9 Å². The molecule has 2 aromatic rings. The summed E-state index contributed by atoms with van der Waals surface area (Å²) < 4.78 is 14.7. The van der Waals surface area contributed by atoms with Gasteiger partial charge in [-0.1, -0.05) is 28.1 Å². The van der Waals surface area contributed by atoms with Gasteiger partial charge in [0.25, 0.3) is 0 Å². The van der Waals surface area contributed by atoms with Crippen LogP contribution >= 0.6 is 15.9 Å². The van der Waals surface area contributed by atoms with Gasteiger partial charge in [0.05, 0.1) is 5.69 Å². The molecule has 0 spiro atoms. The predicted octanol–water partition coefficient (Wildman–Crippen LogP) is 4.27. The van der Waals surface area contributed by atoms with Crippen molar-refractivity contribution in [1.29, 1.82) is 0 Å². The molecule has 100 valence electrons. The molecular weight excluding hydrogens is 307 g/mol. The Balaban J connectivity index is 2.20. The smallest absolute Gasteiger partial charge is 0.146 e. The first-order valence-electron chi connectivity index (χ1n) is 6.03. The summed E-state index contributed by atoms with van der Waals surface area (Å²) in [7, 11) is 3.77. The van der Waals surface area contributed by atoms with Crippen LogP contribution in [0.4, 0.5) is 15.8 Å². The van der Waals surface area contributed by atoms with Crippen molar-refractivity contribution in [2.24, 2.45) is 0 Å². The number of halogens is 2. The fraction of sp³-hybridized carbons (Fsp3) is 0.200. The van der Waals surface area contributed by atoms with E-state index in [2.05, 4.69) is 27.3 Å². The maximum atomic E-state index is 13.8. The van der Waals surface area contributed by atoms with Crippen LogP contribution in [0.15, 0.2) is 46.9 Å². The van der Waals surface area contributed by atoms with E-state index >= 15 is 0 Å². The first-order chi connectivity index (χ1) is 9.10. The normalized spacial score (nSPS) is 10.3. The van der Waals surface area contributed by atoms with E-state index in [0.717, 1.165) is 15.7 Å². The van der Waals surface area contributed by atoms with Gasteiger partial charge in [-0.15, -0.1) is 0 Å². The van der Waals surface area contributed by atoms with E-state index in [1.807, 2.05) is 37.2 Å². The van der Waals surface area contributed by atoms with Crippen molar-refractivity contribution in [2.45, 2.75) is 6.54 Å². The van der Waals surface area contributed by atoms with Crippen molar-refractivity contribution < 1.29 is 4.39 Å². The van der Waals surface area contributed by atoms with Gasteiger partial charge < -0.3 is 10.2 Å². The maximum absolute atomic E-state index is 13.8. The maximum Gasteiger partial charge on any atom is 0.146 e. The molecule has 0 fully saturated rings. The fourth-order valence-electron chi connectivity index (χ4n) is 1.96. The molecule has 0 aliphatic rings. The zero-order valence-electron chi connectivity index (χ0n) is 11.0. The summed E-state index contributed by atoms with van der Waals surface area (Å²) in [5, 5.41) is 3.10. The summed E-state index contributed by atoms with van der Waals surface area (Å²) in [5.74, 6) is -0.213. The van der Waals surface area contributed by atoms with Crippen LogP contribution in [0.1, 0.15) is 5.56 Å². The number of benzene rings is 2. The Hall–Kier alpha value is -1.55. The van der Waals surface area contributed by atoms with E-state index in [9.17, 15) is 4.39 Å². The SMILES string of the molecule is CNc1cccc(CN(C)c2cc(Br)ccc2F)c1. The topological polar surface area (TPSA) is 15.3 Å². The molecule has 0 saturated heterocycles. The molecule has 0 aliphatic heterocycles. The highest BCUT2D eigenvalue weighted by Gasteiger charge is 2.08. The monoisotopic (exact) mass is 322 g/mol. The Kier molecular flexibility index (Phi) is 4.43. The number of hydrogen-bond acceptors (Lipinski definition) is 2. The summed E-state index contributed by atoms with van der Waals surface area (Å²) in [4.78, 5) is 1.90. The fourth-order valence-corrected chi connectivity index (χ4v) is 2.31. The highest BCUT2D eigenvalue weighted by Crippen LogP contribution is 2.24. The molecule has 0 amide bonds. The van der Waals surface area contributed by atoms with Gasteiger partial charge in [-0.25, -0.2) is 4.39 Å². The Morgan fingerprint density at radius 3 is 2.74 bits per heavy atom. The van der Waals surface area contributed by atoms with Gasteiger partial charge in [0.1, 0.15) is 5.82 Å². The Labute approximate surface area is 121 Å². The van der Waals surface area contributed by atoms with Gasteiger partial charge in [-0.2, -0.15) is 0 Å². The van der Waals surface area contributed by atoms with Gasteiger partial charge in [0.15, 0.2) is 0 Å². The third kappa shape index (κ3) is 3.47. The summed E-state index contributed by atoms with van der Waals surface area (Å²) in [5.41, 5.74) is 2.78. The van der Waals surface area contributed by atoms with Crippen molar-refractivity contribution in [3.8, 4) is 0 Å². The molecule has 2 nitrogen and oxygen atoms in total. The van der Waals surface area contributed by atoms with E-state index in [-0.39, 0.29) is 5.82 Å². The van der Waals surface area contributed by atoms with E-state index in [1.54, 1.807) is 12.1 Å². The number of nitrogens with one attached hydrogen (secondary N) is 1. The first kappa shape index (κ1) is 13.9. The Morgan fingerprint density at radius 1 is 1.21 bits per heavy atom. The van der Waals surface area contributed by atoms with Crippen LogP contribution in [0.2, 0.25) is 0 Å². The second-order valence-corrected chi connectivity index (χ2v) is 5.32. The lowest BCUT2D eigenvalue weighted by molar-refractivity contribution is 0.622. The van der Waals surface area contributed by atoms with Crippen LogP contribution in [0.25, 0.3) is 0 Å². The van der Waals surface area contributed by atoms with Crippen LogP contribution in [-0.4, -0.2) is 14.1 Å². The first-order valence-corrected chi connectivity index (χ1v) is 6.82. The molecule has 0 radical (unpaired) electrons. The summed E-state index contributed by atoms with van der Waals surface area (Å²) in [6.45, 7) is 0.656. The third-order valence-electron chi connectivity index (χ3n) is 2.95. The minimum absolute atomic E-state index is 0.213. The Bertz CT molecular complexity index is 572. The molecular formula is C15H16BrFN2. The van der Waals surface area contributed by atoms with E-state index in [1.165, 1.54) is 6.07 Å². The van der Waals surface area contributed by atoms with Gasteiger partial charge >= 0.3 is 0 Å². The lowest BCUT2D eigenvalue weighted by Gasteiger charge is -2.20. The molecule has 19 heavy (non-hydrogen) atoms. The highest BCUT2D eigenvalue weighted by molar-refractivity contribution is 9.10. The van der Waals surface area contributed by atoms with E-state index < -0.39 is 0 Å². The second-order valence-electron chi connectivity index (χ2n) is 4.40. The third-order valence-corrected chi connectivity index (χ3v) is 3.45. The van der Waals surface area contributed by atoms with Gasteiger partial charge in [0, 0.05) is 30.8 Å². The van der Waals surface area contributed by atoms with Crippen molar-refractivity contribution in [3.63, 3.8) is 0 Å². The number of anilines is 2. The molecule has 1 N–H and O–H groups in total. The van der Waals surface area contributed by atoms with Crippen molar-refractivity contribution in [2.75, 3.05) is 24.3 Å². The zero-order chi connectivity index (χ0) is 13.8. The predicted molar refractivity (Wildman–Crippen MR) is 82.2 cm³/mol. The van der Waals surface area contributed by atoms with Crippen molar-refractivity contribution in [3.05, 3.63) is 58.3 Å². The zero-order valence-corrected chi connectivity index (χ0v) is 12.5. The second kappa shape index (κ2) is 6.06. The molecule has 0 heterocycles. The van der Waals surface area contributed by atoms with Crippen molar-refractivity contribution >= 4 is 27.3 Å².